The summed E-state index contributed by atoms with van der Waals surface area (Å²) in [6.45, 7) is 3.81. The van der Waals surface area contributed by atoms with E-state index in [2.05, 4.69) is 15.5 Å². The van der Waals surface area contributed by atoms with Crippen molar-refractivity contribution in [1.82, 2.24) is 15.7 Å². The molecular formula is C21H32N4O6. The molecule has 1 heterocycles. The van der Waals surface area contributed by atoms with Gasteiger partial charge in [-0.2, -0.15) is 0 Å². The maximum Gasteiger partial charge on any atom is 0.407 e. The van der Waals surface area contributed by atoms with Crippen LogP contribution in [0.3, 0.4) is 0 Å². The van der Waals surface area contributed by atoms with Crippen molar-refractivity contribution in [3.63, 3.8) is 0 Å². The zero-order valence-electron chi connectivity index (χ0n) is 17.7. The van der Waals surface area contributed by atoms with Crippen LogP contribution < -0.4 is 16.1 Å². The lowest BCUT2D eigenvalue weighted by Crippen LogP contribution is -2.45. The van der Waals surface area contributed by atoms with Crippen LogP contribution in [-0.2, 0) is 19.1 Å². The molecule has 0 aromatic heterocycles. The molecule has 3 amide bonds. The van der Waals surface area contributed by atoms with E-state index in [9.17, 15) is 14.4 Å². The number of carbonyl (C=O) groups is 3. The zero-order chi connectivity index (χ0) is 22.3. The van der Waals surface area contributed by atoms with Crippen LogP contribution >= 0.6 is 0 Å². The summed E-state index contributed by atoms with van der Waals surface area (Å²) in [5, 5.41) is 14.0. The number of amides is 3. The van der Waals surface area contributed by atoms with Gasteiger partial charge in [-0.1, -0.05) is 31.0 Å². The number of alkyl carbamates (subject to hydrolysis) is 1. The molecule has 1 aliphatic rings. The van der Waals surface area contributed by atoms with Gasteiger partial charge in [0.1, 0.15) is 12.6 Å². The Morgan fingerprint density at radius 3 is 2.55 bits per heavy atom. The van der Waals surface area contributed by atoms with Crippen LogP contribution in [0.2, 0.25) is 0 Å². The first-order valence-corrected chi connectivity index (χ1v) is 10.6. The minimum Gasteiger partial charge on any atom is -0.448 e. The van der Waals surface area contributed by atoms with Gasteiger partial charge < -0.3 is 20.1 Å². The molecule has 0 saturated carbocycles. The number of hydrogen-bond donors (Lipinski definition) is 4. The molecule has 4 N–H and O–H groups in total. The Morgan fingerprint density at radius 1 is 1.10 bits per heavy atom. The van der Waals surface area contributed by atoms with Crippen molar-refractivity contribution in [2.45, 2.75) is 38.1 Å². The van der Waals surface area contributed by atoms with Crippen molar-refractivity contribution in [1.29, 1.82) is 0 Å². The number of anilines is 1. The van der Waals surface area contributed by atoms with E-state index < -0.39 is 18.0 Å². The Balaban J connectivity index is 1.79. The van der Waals surface area contributed by atoms with Crippen LogP contribution in [0.1, 0.15) is 32.1 Å². The van der Waals surface area contributed by atoms with E-state index in [0.29, 0.717) is 51.1 Å². The Morgan fingerprint density at radius 2 is 1.84 bits per heavy atom. The number of nitrogens with one attached hydrogen (secondary N) is 3. The number of para-hydroxylation sites is 1. The smallest absolute Gasteiger partial charge is 0.407 e. The van der Waals surface area contributed by atoms with E-state index >= 15 is 0 Å². The highest BCUT2D eigenvalue weighted by molar-refractivity contribution is 5.96. The van der Waals surface area contributed by atoms with E-state index in [1.807, 2.05) is 18.2 Å². The molecule has 10 heteroatoms. The Labute approximate surface area is 182 Å². The van der Waals surface area contributed by atoms with E-state index in [0.717, 1.165) is 13.1 Å². The van der Waals surface area contributed by atoms with Gasteiger partial charge in [-0.15, -0.1) is 0 Å². The summed E-state index contributed by atoms with van der Waals surface area (Å²) in [4.78, 5) is 38.1. The highest BCUT2D eigenvalue weighted by Gasteiger charge is 2.21. The fourth-order valence-electron chi connectivity index (χ4n) is 3.16. The maximum absolute atomic E-state index is 12.7. The maximum atomic E-state index is 12.7. The van der Waals surface area contributed by atoms with Crippen molar-refractivity contribution < 1.29 is 29.1 Å². The summed E-state index contributed by atoms with van der Waals surface area (Å²) in [7, 11) is 0. The van der Waals surface area contributed by atoms with Gasteiger partial charge in [0.15, 0.2) is 0 Å². The molecule has 0 radical (unpaired) electrons. The molecule has 0 bridgehead atoms. The number of unbranched alkanes of at least 4 members (excludes halogenated alkanes) is 2. The number of ether oxygens (including phenoxy) is 2. The van der Waals surface area contributed by atoms with Gasteiger partial charge in [-0.05, 0) is 25.0 Å². The number of hydroxylamine groups is 1. The number of hydrogen-bond acceptors (Lipinski definition) is 7. The molecule has 1 unspecified atom stereocenters. The summed E-state index contributed by atoms with van der Waals surface area (Å²) >= 11 is 0. The lowest BCUT2D eigenvalue weighted by atomic mass is 10.1. The average Bonchev–Trinajstić information content (AvgIpc) is 2.79. The van der Waals surface area contributed by atoms with Crippen LogP contribution in [0.5, 0.6) is 0 Å². The standard InChI is InChI=1S/C21H32N4O6/c26-19(24-29)10-6-2-5-9-18(20(27)22-17-7-3-1-4-8-17)23-21(28)31-16-13-25-11-14-30-15-12-25/h1,3-4,7-8,18,29H,2,5-6,9-16H2,(H,22,27)(H,23,28)(H,24,26). The highest BCUT2D eigenvalue weighted by Crippen LogP contribution is 2.10. The summed E-state index contributed by atoms with van der Waals surface area (Å²) in [5.74, 6) is -0.773. The number of carbonyl (C=O) groups excluding carboxylic acids is 3. The largest absolute Gasteiger partial charge is 0.448 e. The topological polar surface area (TPSA) is 129 Å². The van der Waals surface area contributed by atoms with E-state index in [-0.39, 0.29) is 18.9 Å². The predicted octanol–water partition coefficient (Wildman–Crippen LogP) is 1.51. The second-order valence-electron chi connectivity index (χ2n) is 7.28. The van der Waals surface area contributed by atoms with Crippen molar-refractivity contribution in [2.24, 2.45) is 0 Å². The number of morpholine rings is 1. The molecule has 10 nitrogen and oxygen atoms in total. The first-order chi connectivity index (χ1) is 15.1. The quantitative estimate of drug-likeness (QED) is 0.222. The molecule has 0 aliphatic carbocycles. The number of rotatable bonds is 12. The van der Waals surface area contributed by atoms with Crippen molar-refractivity contribution in [2.75, 3.05) is 44.8 Å². The molecule has 2 rings (SSSR count). The van der Waals surface area contributed by atoms with Crippen LogP contribution in [0.25, 0.3) is 0 Å². The normalized spacial score (nSPS) is 15.0. The number of nitrogens with zero attached hydrogens (tertiary/aromatic N) is 1. The highest BCUT2D eigenvalue weighted by atomic mass is 16.5. The van der Waals surface area contributed by atoms with Crippen molar-refractivity contribution in [3.8, 4) is 0 Å². The minimum absolute atomic E-state index is 0.203. The molecule has 1 atom stereocenters. The summed E-state index contributed by atoms with van der Waals surface area (Å²) in [6.07, 6.45) is 1.84. The van der Waals surface area contributed by atoms with Gasteiger partial charge >= 0.3 is 6.09 Å². The van der Waals surface area contributed by atoms with Gasteiger partial charge in [0, 0.05) is 31.7 Å². The molecule has 1 aromatic carbocycles. The van der Waals surface area contributed by atoms with E-state index in [4.69, 9.17) is 14.7 Å². The monoisotopic (exact) mass is 436 g/mol. The lowest BCUT2D eigenvalue weighted by Gasteiger charge is -2.26. The van der Waals surface area contributed by atoms with Gasteiger partial charge in [-0.25, -0.2) is 10.3 Å². The van der Waals surface area contributed by atoms with Gasteiger partial charge in [-0.3, -0.25) is 19.7 Å². The Bertz CT molecular complexity index is 682. The van der Waals surface area contributed by atoms with Crippen LogP contribution in [-0.4, -0.2) is 73.5 Å². The van der Waals surface area contributed by atoms with Gasteiger partial charge in [0.25, 0.3) is 0 Å². The predicted molar refractivity (Wildman–Crippen MR) is 114 cm³/mol. The fourth-order valence-corrected chi connectivity index (χ4v) is 3.16. The molecular weight excluding hydrogens is 404 g/mol. The van der Waals surface area contributed by atoms with Gasteiger partial charge in [0.05, 0.1) is 13.2 Å². The second kappa shape index (κ2) is 14.3. The SMILES string of the molecule is O=C(CCCCCC(NC(=O)OCCN1CCOCC1)C(=O)Nc1ccccc1)NO. The lowest BCUT2D eigenvalue weighted by molar-refractivity contribution is -0.129. The van der Waals surface area contributed by atoms with Gasteiger partial charge in [0.2, 0.25) is 11.8 Å². The van der Waals surface area contributed by atoms with Crippen LogP contribution in [0.4, 0.5) is 10.5 Å². The molecule has 31 heavy (non-hydrogen) atoms. The molecule has 1 aromatic rings. The third kappa shape index (κ3) is 10.3. The summed E-state index contributed by atoms with van der Waals surface area (Å²) in [6, 6.07) is 8.24. The van der Waals surface area contributed by atoms with E-state index in [1.54, 1.807) is 17.6 Å². The third-order valence-corrected chi connectivity index (χ3v) is 4.92. The zero-order valence-corrected chi connectivity index (χ0v) is 17.7. The first-order valence-electron chi connectivity index (χ1n) is 10.6. The fraction of sp³-hybridized carbons (Fsp3) is 0.571. The molecule has 1 fully saturated rings. The average molecular weight is 437 g/mol. The third-order valence-electron chi connectivity index (χ3n) is 4.92. The Hall–Kier alpha value is -2.69. The molecule has 1 saturated heterocycles. The van der Waals surface area contributed by atoms with Crippen molar-refractivity contribution in [3.05, 3.63) is 30.3 Å². The molecule has 1 aliphatic heterocycles. The first kappa shape index (κ1) is 24.6. The number of benzene rings is 1. The summed E-state index contributed by atoms with van der Waals surface area (Å²) < 4.78 is 10.5. The van der Waals surface area contributed by atoms with E-state index in [1.165, 1.54) is 0 Å². The summed E-state index contributed by atoms with van der Waals surface area (Å²) in [5.41, 5.74) is 2.23. The molecule has 172 valence electrons. The van der Waals surface area contributed by atoms with Crippen LogP contribution in [0, 0.1) is 0 Å². The van der Waals surface area contributed by atoms with Crippen LogP contribution in [0.15, 0.2) is 30.3 Å². The molecule has 0 spiro atoms. The Kier molecular flexibility index (Phi) is 11.4. The minimum atomic E-state index is -0.761. The second-order valence-corrected chi connectivity index (χ2v) is 7.28. The van der Waals surface area contributed by atoms with Crippen molar-refractivity contribution >= 4 is 23.6 Å².